The number of hydrogen-bond acceptors (Lipinski definition) is 3. The Bertz CT molecular complexity index is 483. The van der Waals surface area contributed by atoms with Crippen molar-refractivity contribution in [3.8, 4) is 0 Å². The standard InChI is InChI=1S/C16H27NO2S/c1-3-5-6-7-8-11-14-17-15-12-9-10-13-16(15)20(18,19)4-2/h9-10,12-13,17H,3-8,11,14H2,1-2H3. The van der Waals surface area contributed by atoms with Gasteiger partial charge in [0, 0.05) is 6.54 Å². The Morgan fingerprint density at radius 3 is 2.30 bits per heavy atom. The van der Waals surface area contributed by atoms with Crippen molar-refractivity contribution in [2.45, 2.75) is 57.3 Å². The van der Waals surface area contributed by atoms with Gasteiger partial charge in [0.1, 0.15) is 0 Å². The van der Waals surface area contributed by atoms with Crippen molar-refractivity contribution in [2.75, 3.05) is 17.6 Å². The largest absolute Gasteiger partial charge is 0.384 e. The quantitative estimate of drug-likeness (QED) is 0.657. The van der Waals surface area contributed by atoms with E-state index >= 15 is 0 Å². The number of anilines is 1. The van der Waals surface area contributed by atoms with Gasteiger partial charge in [-0.1, -0.05) is 58.1 Å². The van der Waals surface area contributed by atoms with Crippen molar-refractivity contribution in [3.05, 3.63) is 24.3 Å². The van der Waals surface area contributed by atoms with E-state index in [-0.39, 0.29) is 5.75 Å². The number of para-hydroxylation sites is 1. The van der Waals surface area contributed by atoms with Crippen LogP contribution in [0.4, 0.5) is 5.69 Å². The van der Waals surface area contributed by atoms with Crippen molar-refractivity contribution >= 4 is 15.5 Å². The summed E-state index contributed by atoms with van der Waals surface area (Å²) in [6.07, 6.45) is 7.44. The number of unbranched alkanes of at least 4 members (excludes halogenated alkanes) is 5. The van der Waals surface area contributed by atoms with Gasteiger partial charge in [-0.2, -0.15) is 0 Å². The molecule has 0 heterocycles. The summed E-state index contributed by atoms with van der Waals surface area (Å²) in [5.74, 6) is 0.142. The summed E-state index contributed by atoms with van der Waals surface area (Å²) < 4.78 is 24.0. The Labute approximate surface area is 123 Å². The van der Waals surface area contributed by atoms with Crippen LogP contribution in [0, 0.1) is 0 Å². The lowest BCUT2D eigenvalue weighted by Crippen LogP contribution is -2.10. The maximum Gasteiger partial charge on any atom is 0.180 e. The van der Waals surface area contributed by atoms with Gasteiger partial charge >= 0.3 is 0 Å². The van der Waals surface area contributed by atoms with Gasteiger partial charge in [-0.25, -0.2) is 8.42 Å². The molecule has 0 fully saturated rings. The predicted octanol–water partition coefficient (Wildman–Crippen LogP) is 4.25. The molecule has 1 N–H and O–H groups in total. The van der Waals surface area contributed by atoms with Gasteiger partial charge in [-0.15, -0.1) is 0 Å². The fraction of sp³-hybridized carbons (Fsp3) is 0.625. The van der Waals surface area contributed by atoms with Gasteiger partial charge in [-0.05, 0) is 18.6 Å². The van der Waals surface area contributed by atoms with Gasteiger partial charge in [0.25, 0.3) is 0 Å². The second kappa shape index (κ2) is 9.01. The highest BCUT2D eigenvalue weighted by atomic mass is 32.2. The van der Waals surface area contributed by atoms with Crippen molar-refractivity contribution < 1.29 is 8.42 Å². The molecular weight excluding hydrogens is 270 g/mol. The smallest absolute Gasteiger partial charge is 0.180 e. The number of sulfone groups is 1. The lowest BCUT2D eigenvalue weighted by molar-refractivity contribution is 0.597. The van der Waals surface area contributed by atoms with Crippen molar-refractivity contribution in [2.24, 2.45) is 0 Å². The fourth-order valence-corrected chi connectivity index (χ4v) is 3.24. The summed E-state index contributed by atoms with van der Waals surface area (Å²) >= 11 is 0. The first-order valence-corrected chi connectivity index (χ1v) is 9.32. The molecule has 0 aliphatic carbocycles. The van der Waals surface area contributed by atoms with Gasteiger partial charge in [0.15, 0.2) is 9.84 Å². The van der Waals surface area contributed by atoms with E-state index in [0.717, 1.165) is 18.7 Å². The summed E-state index contributed by atoms with van der Waals surface area (Å²) in [5, 5.41) is 3.27. The molecule has 4 heteroatoms. The number of nitrogens with one attached hydrogen (secondary N) is 1. The van der Waals surface area contributed by atoms with Crippen LogP contribution in [0.3, 0.4) is 0 Å². The fourth-order valence-electron chi connectivity index (χ4n) is 2.17. The molecule has 0 aliphatic rings. The zero-order chi connectivity index (χ0) is 14.8. The minimum Gasteiger partial charge on any atom is -0.384 e. The van der Waals surface area contributed by atoms with E-state index in [1.54, 1.807) is 19.1 Å². The molecule has 0 radical (unpaired) electrons. The second-order valence-corrected chi connectivity index (χ2v) is 7.34. The van der Waals surface area contributed by atoms with Crippen LogP contribution in [-0.4, -0.2) is 20.7 Å². The first-order chi connectivity index (χ1) is 9.61. The summed E-state index contributed by atoms with van der Waals surface area (Å²) in [4.78, 5) is 0.425. The Hall–Kier alpha value is -1.03. The van der Waals surface area contributed by atoms with Crippen LogP contribution in [0.5, 0.6) is 0 Å². The molecule has 20 heavy (non-hydrogen) atoms. The third-order valence-electron chi connectivity index (χ3n) is 3.45. The first kappa shape index (κ1) is 17.0. The van der Waals surface area contributed by atoms with Crippen LogP contribution in [0.1, 0.15) is 52.4 Å². The van der Waals surface area contributed by atoms with E-state index in [4.69, 9.17) is 0 Å². The van der Waals surface area contributed by atoms with E-state index in [9.17, 15) is 8.42 Å². The number of benzene rings is 1. The number of hydrogen-bond donors (Lipinski definition) is 1. The molecule has 0 bridgehead atoms. The van der Waals surface area contributed by atoms with Crippen molar-refractivity contribution in [1.29, 1.82) is 0 Å². The van der Waals surface area contributed by atoms with Crippen LogP contribution in [-0.2, 0) is 9.84 Å². The summed E-state index contributed by atoms with van der Waals surface area (Å²) in [5.41, 5.74) is 0.739. The van der Waals surface area contributed by atoms with Crippen LogP contribution in [0.2, 0.25) is 0 Å². The molecule has 0 spiro atoms. The topological polar surface area (TPSA) is 46.2 Å². The van der Waals surface area contributed by atoms with Crippen molar-refractivity contribution in [3.63, 3.8) is 0 Å². The minimum absolute atomic E-state index is 0.142. The van der Waals surface area contributed by atoms with E-state index in [0.29, 0.717) is 4.90 Å². The summed E-state index contributed by atoms with van der Waals surface area (Å²) in [6.45, 7) is 4.73. The van der Waals surface area contributed by atoms with Crippen LogP contribution >= 0.6 is 0 Å². The van der Waals surface area contributed by atoms with E-state index < -0.39 is 9.84 Å². The van der Waals surface area contributed by atoms with Crippen LogP contribution in [0.15, 0.2) is 29.2 Å². The lowest BCUT2D eigenvalue weighted by Gasteiger charge is -2.11. The molecule has 1 aromatic rings. The Morgan fingerprint density at radius 1 is 0.950 bits per heavy atom. The highest BCUT2D eigenvalue weighted by Crippen LogP contribution is 2.22. The normalized spacial score (nSPS) is 11.5. The first-order valence-electron chi connectivity index (χ1n) is 7.67. The van der Waals surface area contributed by atoms with Gasteiger partial charge in [0.05, 0.1) is 16.3 Å². The highest BCUT2D eigenvalue weighted by molar-refractivity contribution is 7.91. The Kier molecular flexibility index (Phi) is 7.67. The summed E-state index contributed by atoms with van der Waals surface area (Å²) in [6, 6.07) is 7.18. The molecule has 1 aromatic carbocycles. The molecule has 0 amide bonds. The Balaban J connectivity index is 2.45. The SMILES string of the molecule is CCCCCCCCNc1ccccc1S(=O)(=O)CC. The van der Waals surface area contributed by atoms with Gasteiger partial charge < -0.3 is 5.32 Å². The second-order valence-electron chi connectivity index (χ2n) is 5.09. The molecule has 0 aromatic heterocycles. The van der Waals surface area contributed by atoms with Gasteiger partial charge in [-0.3, -0.25) is 0 Å². The predicted molar refractivity (Wildman–Crippen MR) is 86.0 cm³/mol. The highest BCUT2D eigenvalue weighted by Gasteiger charge is 2.15. The number of rotatable bonds is 10. The van der Waals surface area contributed by atoms with E-state index in [1.165, 1.54) is 32.1 Å². The average Bonchev–Trinajstić information content (AvgIpc) is 2.46. The third kappa shape index (κ3) is 5.53. The zero-order valence-electron chi connectivity index (χ0n) is 12.7. The third-order valence-corrected chi connectivity index (χ3v) is 5.23. The Morgan fingerprint density at radius 2 is 1.60 bits per heavy atom. The zero-order valence-corrected chi connectivity index (χ0v) is 13.5. The molecule has 0 atom stereocenters. The molecule has 3 nitrogen and oxygen atoms in total. The van der Waals surface area contributed by atoms with E-state index in [1.807, 2.05) is 12.1 Å². The molecule has 0 aliphatic heterocycles. The van der Waals surface area contributed by atoms with Crippen LogP contribution < -0.4 is 5.32 Å². The maximum absolute atomic E-state index is 12.0. The van der Waals surface area contributed by atoms with Gasteiger partial charge in [0.2, 0.25) is 0 Å². The van der Waals surface area contributed by atoms with E-state index in [2.05, 4.69) is 12.2 Å². The monoisotopic (exact) mass is 297 g/mol. The molecular formula is C16H27NO2S. The van der Waals surface area contributed by atoms with Crippen LogP contribution in [0.25, 0.3) is 0 Å². The molecule has 0 unspecified atom stereocenters. The lowest BCUT2D eigenvalue weighted by atomic mass is 10.1. The average molecular weight is 297 g/mol. The van der Waals surface area contributed by atoms with Crippen molar-refractivity contribution in [1.82, 2.24) is 0 Å². The minimum atomic E-state index is -3.15. The molecule has 0 saturated carbocycles. The molecule has 0 saturated heterocycles. The maximum atomic E-state index is 12.0. The molecule has 1 rings (SSSR count). The summed E-state index contributed by atoms with van der Waals surface area (Å²) in [7, 11) is -3.15. The molecule has 114 valence electrons.